The fourth-order valence-corrected chi connectivity index (χ4v) is 6.17. The summed E-state index contributed by atoms with van der Waals surface area (Å²) in [7, 11) is 2.22. The Bertz CT molecular complexity index is 1340. The number of anilines is 1. The molecule has 1 atom stereocenters. The molecular weight excluding hydrogens is 460 g/mol. The normalized spacial score (nSPS) is 22.3. The van der Waals surface area contributed by atoms with E-state index in [9.17, 15) is 5.11 Å². The van der Waals surface area contributed by atoms with Crippen molar-refractivity contribution in [3.63, 3.8) is 0 Å². The van der Waals surface area contributed by atoms with E-state index in [2.05, 4.69) is 49.7 Å². The first kappa shape index (κ1) is 24.1. The van der Waals surface area contributed by atoms with E-state index in [0.29, 0.717) is 17.9 Å². The van der Waals surface area contributed by atoms with Crippen LogP contribution in [-0.2, 0) is 0 Å². The first-order valence-corrected chi connectivity index (χ1v) is 13.5. The van der Waals surface area contributed by atoms with Crippen LogP contribution in [0.5, 0.6) is 0 Å². The summed E-state index contributed by atoms with van der Waals surface area (Å²) in [5.41, 5.74) is 11.2. The summed E-state index contributed by atoms with van der Waals surface area (Å²) >= 11 is 0. The Morgan fingerprint density at radius 3 is 2.19 bits per heavy atom. The summed E-state index contributed by atoms with van der Waals surface area (Å²) in [4.78, 5) is 14.1. The summed E-state index contributed by atoms with van der Waals surface area (Å²) in [6.45, 7) is 4.70. The highest BCUT2D eigenvalue weighted by molar-refractivity contribution is 6.00. The van der Waals surface area contributed by atoms with Gasteiger partial charge in [0, 0.05) is 50.0 Å². The molecule has 3 N–H and O–H groups in total. The second kappa shape index (κ2) is 10.2. The number of hydrogen-bond donors (Lipinski definition) is 2. The second-order valence-electron chi connectivity index (χ2n) is 10.6. The van der Waals surface area contributed by atoms with Crippen molar-refractivity contribution in [1.29, 1.82) is 0 Å². The van der Waals surface area contributed by atoms with E-state index in [1.165, 1.54) is 39.0 Å². The lowest BCUT2D eigenvalue weighted by molar-refractivity contribution is 0.0828. The van der Waals surface area contributed by atoms with Crippen molar-refractivity contribution in [2.45, 2.75) is 43.9 Å². The smallest absolute Gasteiger partial charge is 0.146 e. The third kappa shape index (κ3) is 4.75. The Morgan fingerprint density at radius 2 is 1.49 bits per heavy atom. The number of likely N-dealkylation sites (N-methyl/N-ethyl adjacent to an activating group) is 1. The molecule has 2 fully saturated rings. The summed E-state index contributed by atoms with van der Waals surface area (Å²) < 4.78 is 2.34. The minimum absolute atomic E-state index is 0.411. The van der Waals surface area contributed by atoms with Crippen LogP contribution < -0.4 is 5.73 Å². The predicted molar refractivity (Wildman–Crippen MR) is 148 cm³/mol. The van der Waals surface area contributed by atoms with Crippen LogP contribution in [0.1, 0.15) is 49.0 Å². The number of nitrogens with two attached hydrogens (primary N) is 1. The molecule has 1 unspecified atom stereocenters. The van der Waals surface area contributed by atoms with Gasteiger partial charge in [-0.25, -0.2) is 9.97 Å². The minimum Gasteiger partial charge on any atom is -0.384 e. The largest absolute Gasteiger partial charge is 0.384 e. The molecule has 4 aromatic rings. The molecule has 0 bridgehead atoms. The zero-order chi connectivity index (χ0) is 25.4. The number of aromatic nitrogens is 3. The van der Waals surface area contributed by atoms with E-state index in [0.717, 1.165) is 46.1 Å². The van der Waals surface area contributed by atoms with Gasteiger partial charge < -0.3 is 20.3 Å². The molecule has 0 spiro atoms. The molecular formula is C30H36N6O. The first-order valence-electron chi connectivity index (χ1n) is 13.5. The molecule has 3 heterocycles. The number of rotatable bonds is 5. The maximum absolute atomic E-state index is 10.8. The molecule has 37 heavy (non-hydrogen) atoms. The molecule has 2 aromatic carbocycles. The fraction of sp³-hybridized carbons (Fsp3) is 0.400. The van der Waals surface area contributed by atoms with Crippen LogP contribution >= 0.6 is 0 Å². The molecule has 7 nitrogen and oxygen atoms in total. The highest BCUT2D eigenvalue weighted by Gasteiger charge is 2.30. The highest BCUT2D eigenvalue weighted by atomic mass is 16.3. The van der Waals surface area contributed by atoms with E-state index in [-0.39, 0.29) is 0 Å². The van der Waals surface area contributed by atoms with Crippen molar-refractivity contribution in [1.82, 2.24) is 24.3 Å². The molecule has 0 radical (unpaired) electrons. The Balaban J connectivity index is 1.25. The summed E-state index contributed by atoms with van der Waals surface area (Å²) in [5, 5.41) is 11.7. The number of hydrogen-bond acceptors (Lipinski definition) is 6. The quantitative estimate of drug-likeness (QED) is 0.424. The number of piperazine rings is 1. The first-order chi connectivity index (χ1) is 18.1. The zero-order valence-electron chi connectivity index (χ0n) is 21.5. The van der Waals surface area contributed by atoms with Crippen LogP contribution in [0.25, 0.3) is 22.2 Å². The molecule has 2 aliphatic rings. The van der Waals surface area contributed by atoms with Crippen molar-refractivity contribution in [3.05, 3.63) is 78.2 Å². The molecule has 1 saturated carbocycles. The van der Waals surface area contributed by atoms with E-state index < -0.39 is 6.10 Å². The average Bonchev–Trinajstić information content (AvgIpc) is 3.35. The molecule has 6 rings (SSSR count). The van der Waals surface area contributed by atoms with Crippen molar-refractivity contribution >= 4 is 16.9 Å². The lowest BCUT2D eigenvalue weighted by Crippen LogP contribution is -2.49. The zero-order valence-corrected chi connectivity index (χ0v) is 21.5. The Morgan fingerprint density at radius 1 is 0.838 bits per heavy atom. The number of nitrogens with zero attached hydrogens (tertiary/aromatic N) is 5. The maximum atomic E-state index is 10.8. The van der Waals surface area contributed by atoms with E-state index in [1.807, 2.05) is 42.5 Å². The predicted octanol–water partition coefficient (Wildman–Crippen LogP) is 4.49. The van der Waals surface area contributed by atoms with Crippen molar-refractivity contribution in [2.24, 2.45) is 0 Å². The van der Waals surface area contributed by atoms with Gasteiger partial charge in [0.25, 0.3) is 0 Å². The van der Waals surface area contributed by atoms with Gasteiger partial charge in [-0.15, -0.1) is 0 Å². The van der Waals surface area contributed by atoms with Gasteiger partial charge in [0.15, 0.2) is 0 Å². The highest BCUT2D eigenvalue weighted by Crippen LogP contribution is 2.39. The Kier molecular flexibility index (Phi) is 6.67. The third-order valence-electron chi connectivity index (χ3n) is 8.41. The monoisotopic (exact) mass is 496 g/mol. The van der Waals surface area contributed by atoms with E-state index in [1.54, 1.807) is 6.33 Å². The van der Waals surface area contributed by atoms with E-state index >= 15 is 0 Å². The maximum Gasteiger partial charge on any atom is 0.146 e. The van der Waals surface area contributed by atoms with Gasteiger partial charge in [0.1, 0.15) is 23.9 Å². The minimum atomic E-state index is -0.652. The number of nitrogen functional groups attached to an aromatic ring is 1. The molecule has 1 saturated heterocycles. The lowest BCUT2D eigenvalue weighted by Gasteiger charge is -2.41. The molecule has 1 aliphatic heterocycles. The number of aliphatic hydroxyl groups is 1. The van der Waals surface area contributed by atoms with Gasteiger partial charge in [0.05, 0.1) is 5.39 Å². The third-order valence-corrected chi connectivity index (χ3v) is 8.41. The van der Waals surface area contributed by atoms with Crippen LogP contribution in [0.2, 0.25) is 0 Å². The van der Waals surface area contributed by atoms with Crippen LogP contribution in [0, 0.1) is 0 Å². The van der Waals surface area contributed by atoms with Gasteiger partial charge in [-0.1, -0.05) is 54.6 Å². The van der Waals surface area contributed by atoms with E-state index in [4.69, 9.17) is 5.73 Å². The number of benzene rings is 2. The van der Waals surface area contributed by atoms with Crippen molar-refractivity contribution in [3.8, 4) is 11.1 Å². The van der Waals surface area contributed by atoms with Gasteiger partial charge in [-0.3, -0.25) is 4.90 Å². The second-order valence-corrected chi connectivity index (χ2v) is 10.6. The Hall–Kier alpha value is -3.26. The number of aliphatic hydroxyl groups excluding tert-OH is 1. The van der Waals surface area contributed by atoms with Crippen molar-refractivity contribution < 1.29 is 5.11 Å². The molecule has 1 aliphatic carbocycles. The Labute approximate surface area is 218 Å². The fourth-order valence-electron chi connectivity index (χ4n) is 6.17. The summed E-state index contributed by atoms with van der Waals surface area (Å²) in [6.07, 6.45) is 7.87. The molecule has 7 heteroatoms. The average molecular weight is 497 g/mol. The van der Waals surface area contributed by atoms with Gasteiger partial charge in [0.2, 0.25) is 0 Å². The van der Waals surface area contributed by atoms with Crippen molar-refractivity contribution in [2.75, 3.05) is 39.0 Å². The summed E-state index contributed by atoms with van der Waals surface area (Å²) in [5.74, 6) is 0.512. The van der Waals surface area contributed by atoms with Gasteiger partial charge >= 0.3 is 0 Å². The van der Waals surface area contributed by atoms with Gasteiger partial charge in [-0.2, -0.15) is 0 Å². The van der Waals surface area contributed by atoms with Gasteiger partial charge in [-0.05, 0) is 49.4 Å². The molecule has 0 amide bonds. The topological polar surface area (TPSA) is 83.4 Å². The van der Waals surface area contributed by atoms with Crippen LogP contribution in [0.4, 0.5) is 5.82 Å². The lowest BCUT2D eigenvalue weighted by atomic mass is 9.89. The standard InChI is InChI=1S/C30H36N6O/c1-34-15-17-35(18-16-34)24-11-13-25(14-12-24)36-19-26(27-29(31)32-20-33-30(27)36)21-7-9-23(10-8-21)28(37)22-5-3-2-4-6-22/h2-10,19-20,24-25,28,37H,11-18H2,1H3,(H2,31,32,33)/t24-,25-,28?. The number of fused-ring (bicyclic) bond motifs is 1. The SMILES string of the molecule is CN1CCN([C@H]2CC[C@H](n3cc(-c4ccc(C(O)c5ccccc5)cc4)c4c(N)ncnc43)CC2)CC1. The van der Waals surface area contributed by atoms with Crippen LogP contribution in [0.15, 0.2) is 67.1 Å². The summed E-state index contributed by atoms with van der Waals surface area (Å²) in [6, 6.07) is 19.0. The molecule has 2 aromatic heterocycles. The molecule has 192 valence electrons. The van der Waals surface area contributed by atoms with Crippen LogP contribution in [0.3, 0.4) is 0 Å². The van der Waals surface area contributed by atoms with Crippen LogP contribution in [-0.4, -0.2) is 68.7 Å².